The lowest BCUT2D eigenvalue weighted by Gasteiger charge is -2.27. The van der Waals surface area contributed by atoms with Crippen LogP contribution in [0.25, 0.3) is 0 Å². The number of pyridine rings is 1. The first-order valence-electron chi connectivity index (χ1n) is 8.48. The molecule has 2 aromatic heterocycles. The molecule has 25 heavy (non-hydrogen) atoms. The summed E-state index contributed by atoms with van der Waals surface area (Å²) < 4.78 is 7.28. The lowest BCUT2D eigenvalue weighted by Crippen LogP contribution is -2.42. The second kappa shape index (κ2) is 8.48. The van der Waals surface area contributed by atoms with E-state index in [0.29, 0.717) is 13.1 Å². The van der Waals surface area contributed by atoms with Crippen LogP contribution in [0.15, 0.2) is 37.1 Å². The first kappa shape index (κ1) is 17.2. The van der Waals surface area contributed by atoms with Crippen LogP contribution >= 0.6 is 0 Å². The van der Waals surface area contributed by atoms with Crippen molar-refractivity contribution in [2.24, 2.45) is 0 Å². The highest BCUT2D eigenvalue weighted by atomic mass is 16.5. The van der Waals surface area contributed by atoms with Gasteiger partial charge in [-0.15, -0.1) is 0 Å². The maximum absolute atomic E-state index is 12.0. The third-order valence-corrected chi connectivity index (χ3v) is 4.02. The number of anilines is 1. The Kier molecular flexibility index (Phi) is 5.84. The highest BCUT2D eigenvalue weighted by Gasteiger charge is 2.12. The van der Waals surface area contributed by atoms with E-state index in [9.17, 15) is 4.79 Å². The summed E-state index contributed by atoms with van der Waals surface area (Å²) in [5.74, 6) is 0.949. The van der Waals surface area contributed by atoms with E-state index in [1.165, 1.54) is 0 Å². The van der Waals surface area contributed by atoms with Crippen LogP contribution in [0, 0.1) is 0 Å². The topological polar surface area (TPSA) is 84.3 Å². The summed E-state index contributed by atoms with van der Waals surface area (Å²) in [7, 11) is 0. The van der Waals surface area contributed by atoms with Gasteiger partial charge in [-0.3, -0.25) is 0 Å². The van der Waals surface area contributed by atoms with E-state index in [0.717, 1.165) is 37.7 Å². The van der Waals surface area contributed by atoms with Crippen molar-refractivity contribution in [1.82, 2.24) is 25.2 Å². The van der Waals surface area contributed by atoms with Gasteiger partial charge in [-0.2, -0.15) is 0 Å². The molecule has 8 heteroatoms. The Morgan fingerprint density at radius 1 is 1.36 bits per heavy atom. The number of aromatic nitrogens is 3. The van der Waals surface area contributed by atoms with Crippen molar-refractivity contribution in [2.45, 2.75) is 26.1 Å². The van der Waals surface area contributed by atoms with E-state index in [2.05, 4.69) is 25.5 Å². The Morgan fingerprint density at radius 2 is 2.20 bits per heavy atom. The molecule has 0 aliphatic carbocycles. The molecule has 1 aliphatic rings. The normalized spacial score (nSPS) is 15.6. The van der Waals surface area contributed by atoms with Gasteiger partial charge in [0, 0.05) is 50.8 Å². The Morgan fingerprint density at radius 3 is 2.88 bits per heavy atom. The minimum atomic E-state index is -0.190. The molecule has 3 rings (SSSR count). The largest absolute Gasteiger partial charge is 0.378 e. The van der Waals surface area contributed by atoms with E-state index >= 15 is 0 Å². The SMILES string of the molecule is C[C@@H](Cn1ccnc1)NC(=O)NCc1ccc(N2CCOCC2)nc1. The molecule has 0 bridgehead atoms. The Labute approximate surface area is 147 Å². The van der Waals surface area contributed by atoms with Gasteiger partial charge >= 0.3 is 6.03 Å². The van der Waals surface area contributed by atoms with Crippen LogP contribution < -0.4 is 15.5 Å². The number of nitrogens with zero attached hydrogens (tertiary/aromatic N) is 4. The number of urea groups is 1. The number of hydrogen-bond donors (Lipinski definition) is 2. The predicted molar refractivity (Wildman–Crippen MR) is 94.3 cm³/mol. The van der Waals surface area contributed by atoms with Crippen molar-refractivity contribution in [1.29, 1.82) is 0 Å². The number of carbonyl (C=O) groups excluding carboxylic acids is 1. The number of imidazole rings is 1. The number of hydrogen-bond acceptors (Lipinski definition) is 5. The van der Waals surface area contributed by atoms with Crippen LogP contribution in [0.4, 0.5) is 10.6 Å². The van der Waals surface area contributed by atoms with Crippen molar-refractivity contribution in [3.63, 3.8) is 0 Å². The average molecular weight is 344 g/mol. The molecule has 1 fully saturated rings. The maximum atomic E-state index is 12.0. The molecule has 1 aliphatic heterocycles. The molecule has 1 atom stereocenters. The van der Waals surface area contributed by atoms with Gasteiger partial charge in [0.25, 0.3) is 0 Å². The molecular formula is C17H24N6O2. The highest BCUT2D eigenvalue weighted by molar-refractivity contribution is 5.74. The molecule has 0 aromatic carbocycles. The van der Waals surface area contributed by atoms with E-state index < -0.39 is 0 Å². The maximum Gasteiger partial charge on any atom is 0.315 e. The molecule has 1 saturated heterocycles. The minimum Gasteiger partial charge on any atom is -0.378 e. The van der Waals surface area contributed by atoms with Crippen LogP contribution in [0.3, 0.4) is 0 Å². The predicted octanol–water partition coefficient (Wildman–Crippen LogP) is 1.00. The number of morpholine rings is 1. The van der Waals surface area contributed by atoms with Gasteiger partial charge in [0.15, 0.2) is 0 Å². The van der Waals surface area contributed by atoms with Crippen LogP contribution in [-0.2, 0) is 17.8 Å². The first-order valence-corrected chi connectivity index (χ1v) is 8.48. The molecule has 134 valence electrons. The third-order valence-electron chi connectivity index (χ3n) is 4.02. The average Bonchev–Trinajstić information content (AvgIpc) is 3.14. The molecule has 0 spiro atoms. The Bertz CT molecular complexity index is 652. The molecule has 2 amide bonds. The molecule has 3 heterocycles. The molecular weight excluding hydrogens is 320 g/mol. The number of amides is 2. The van der Waals surface area contributed by atoms with Crippen molar-refractivity contribution in [2.75, 3.05) is 31.2 Å². The number of carbonyl (C=O) groups is 1. The molecule has 8 nitrogen and oxygen atoms in total. The lowest BCUT2D eigenvalue weighted by atomic mass is 10.2. The van der Waals surface area contributed by atoms with Gasteiger partial charge < -0.3 is 24.8 Å². The number of rotatable bonds is 6. The van der Waals surface area contributed by atoms with Gasteiger partial charge in [0.05, 0.1) is 19.5 Å². The fourth-order valence-corrected chi connectivity index (χ4v) is 2.71. The summed E-state index contributed by atoms with van der Waals surface area (Å²) >= 11 is 0. The summed E-state index contributed by atoms with van der Waals surface area (Å²) in [4.78, 5) is 22.6. The monoisotopic (exact) mass is 344 g/mol. The summed E-state index contributed by atoms with van der Waals surface area (Å²) in [6, 6.07) is 3.80. The van der Waals surface area contributed by atoms with Crippen molar-refractivity contribution >= 4 is 11.8 Å². The standard InChI is InChI=1S/C17H24N6O2/c1-14(12-22-5-4-18-13-22)21-17(24)20-11-15-2-3-16(19-10-15)23-6-8-25-9-7-23/h2-5,10,13-14H,6-9,11-12H2,1H3,(H2,20,21,24)/t14-/m0/s1. The van der Waals surface area contributed by atoms with Crippen LogP contribution in [0.5, 0.6) is 0 Å². The second-order valence-corrected chi connectivity index (χ2v) is 6.11. The van der Waals surface area contributed by atoms with E-state index in [1.54, 1.807) is 18.7 Å². The van der Waals surface area contributed by atoms with Crippen molar-refractivity contribution < 1.29 is 9.53 Å². The number of nitrogens with one attached hydrogen (secondary N) is 2. The molecule has 0 saturated carbocycles. The van der Waals surface area contributed by atoms with Gasteiger partial charge in [0.2, 0.25) is 0 Å². The van der Waals surface area contributed by atoms with Gasteiger partial charge in [0.1, 0.15) is 5.82 Å². The van der Waals surface area contributed by atoms with Crippen LogP contribution in [-0.4, -0.2) is 52.9 Å². The molecule has 2 N–H and O–H groups in total. The summed E-state index contributed by atoms with van der Waals surface area (Å²) in [5.41, 5.74) is 0.967. The molecule has 0 radical (unpaired) electrons. The van der Waals surface area contributed by atoms with E-state index in [-0.39, 0.29) is 12.1 Å². The Hall–Kier alpha value is -2.61. The quantitative estimate of drug-likeness (QED) is 0.817. The Balaban J connectivity index is 1.42. The second-order valence-electron chi connectivity index (χ2n) is 6.11. The van der Waals surface area contributed by atoms with Crippen molar-refractivity contribution in [3.8, 4) is 0 Å². The van der Waals surface area contributed by atoms with E-state index in [4.69, 9.17) is 4.74 Å². The summed E-state index contributed by atoms with van der Waals surface area (Å²) in [6.07, 6.45) is 7.13. The first-order chi connectivity index (χ1) is 12.2. The smallest absolute Gasteiger partial charge is 0.315 e. The van der Waals surface area contributed by atoms with Gasteiger partial charge in [-0.1, -0.05) is 6.07 Å². The zero-order chi connectivity index (χ0) is 17.5. The number of ether oxygens (including phenoxy) is 1. The van der Waals surface area contributed by atoms with Crippen LogP contribution in [0.2, 0.25) is 0 Å². The van der Waals surface area contributed by atoms with Gasteiger partial charge in [-0.05, 0) is 18.6 Å². The fraction of sp³-hybridized carbons (Fsp3) is 0.471. The summed E-state index contributed by atoms with van der Waals surface area (Å²) in [6.45, 7) is 6.29. The third kappa shape index (κ3) is 5.18. The van der Waals surface area contributed by atoms with Crippen LogP contribution in [0.1, 0.15) is 12.5 Å². The summed E-state index contributed by atoms with van der Waals surface area (Å²) in [5, 5.41) is 5.77. The van der Waals surface area contributed by atoms with Gasteiger partial charge in [-0.25, -0.2) is 14.8 Å². The minimum absolute atomic E-state index is 0.0102. The lowest BCUT2D eigenvalue weighted by molar-refractivity contribution is 0.122. The molecule has 2 aromatic rings. The van der Waals surface area contributed by atoms with Crippen molar-refractivity contribution in [3.05, 3.63) is 42.6 Å². The highest BCUT2D eigenvalue weighted by Crippen LogP contribution is 2.12. The van der Waals surface area contributed by atoms with E-state index in [1.807, 2.05) is 29.8 Å². The zero-order valence-electron chi connectivity index (χ0n) is 14.4. The zero-order valence-corrected chi connectivity index (χ0v) is 14.4. The fourth-order valence-electron chi connectivity index (χ4n) is 2.71. The molecule has 0 unspecified atom stereocenters.